The van der Waals surface area contributed by atoms with Crippen LogP contribution in [0.25, 0.3) is 0 Å². The number of oxime groups is 1. The number of ether oxygens (including phenoxy) is 1. The van der Waals surface area contributed by atoms with Gasteiger partial charge in [-0.1, -0.05) is 17.3 Å². The van der Waals surface area contributed by atoms with Crippen LogP contribution in [-0.2, 0) is 9.53 Å². The quantitative estimate of drug-likeness (QED) is 0.238. The minimum atomic E-state index is -0.0863. The number of rotatable bonds is 6. The molecular weight excluding hydrogens is 246 g/mol. The van der Waals surface area contributed by atoms with E-state index in [4.69, 9.17) is 15.7 Å². The topological polar surface area (TPSA) is 96.9 Å². The van der Waals surface area contributed by atoms with Crippen LogP contribution in [-0.4, -0.2) is 30.7 Å². The first kappa shape index (κ1) is 15.0. The Morgan fingerprint density at radius 1 is 1.53 bits per heavy atom. The van der Waals surface area contributed by atoms with Gasteiger partial charge < -0.3 is 21.0 Å². The van der Waals surface area contributed by atoms with Crippen molar-refractivity contribution in [2.75, 3.05) is 19.0 Å². The smallest absolute Gasteiger partial charge is 0.224 e. The molecule has 0 saturated carbocycles. The summed E-state index contributed by atoms with van der Waals surface area (Å²) in [5.74, 6) is -0.0771. The van der Waals surface area contributed by atoms with Gasteiger partial charge in [-0.25, -0.2) is 0 Å². The van der Waals surface area contributed by atoms with Gasteiger partial charge >= 0.3 is 0 Å². The minimum absolute atomic E-state index is 0.00915. The highest BCUT2D eigenvalue weighted by Gasteiger charge is 2.07. The molecule has 104 valence electrons. The van der Waals surface area contributed by atoms with Crippen molar-refractivity contribution in [1.82, 2.24) is 0 Å². The fourth-order valence-electron chi connectivity index (χ4n) is 1.56. The lowest BCUT2D eigenvalue weighted by atomic mass is 10.1. The fourth-order valence-corrected chi connectivity index (χ4v) is 1.56. The summed E-state index contributed by atoms with van der Waals surface area (Å²) in [6, 6.07) is 5.21. The van der Waals surface area contributed by atoms with Crippen molar-refractivity contribution in [2.24, 2.45) is 10.9 Å². The maximum Gasteiger partial charge on any atom is 0.224 e. The number of amides is 1. The van der Waals surface area contributed by atoms with Crippen molar-refractivity contribution in [3.63, 3.8) is 0 Å². The average Bonchev–Trinajstić information content (AvgIpc) is 2.40. The molecule has 0 aliphatic heterocycles. The predicted molar refractivity (Wildman–Crippen MR) is 73.4 cm³/mol. The monoisotopic (exact) mass is 265 g/mol. The van der Waals surface area contributed by atoms with Crippen LogP contribution < -0.4 is 11.1 Å². The van der Waals surface area contributed by atoms with Crippen LogP contribution in [0, 0.1) is 6.92 Å². The first-order chi connectivity index (χ1) is 9.08. The Morgan fingerprint density at radius 3 is 2.89 bits per heavy atom. The van der Waals surface area contributed by atoms with Crippen LogP contribution in [0.1, 0.15) is 24.0 Å². The van der Waals surface area contributed by atoms with E-state index < -0.39 is 0 Å². The number of benzene rings is 1. The summed E-state index contributed by atoms with van der Waals surface area (Å²) in [5, 5.41) is 14.4. The summed E-state index contributed by atoms with van der Waals surface area (Å²) in [7, 11) is 1.60. The molecule has 0 spiro atoms. The molecule has 0 aromatic heterocycles. The molecule has 1 amide bonds. The lowest BCUT2D eigenvalue weighted by Crippen LogP contribution is -2.16. The number of aryl methyl sites for hydroxylation is 1. The molecule has 0 bridgehead atoms. The zero-order chi connectivity index (χ0) is 14.3. The Kier molecular flexibility index (Phi) is 5.81. The fraction of sp³-hybridized carbons (Fsp3) is 0.385. The van der Waals surface area contributed by atoms with E-state index in [1.165, 1.54) is 0 Å². The van der Waals surface area contributed by atoms with Crippen molar-refractivity contribution in [3.8, 4) is 0 Å². The maximum atomic E-state index is 11.7. The summed E-state index contributed by atoms with van der Waals surface area (Å²) < 4.78 is 4.89. The third-order valence-electron chi connectivity index (χ3n) is 2.67. The number of nitrogens with zero attached hydrogens (tertiary/aromatic N) is 1. The number of anilines is 1. The van der Waals surface area contributed by atoms with Gasteiger partial charge in [0.25, 0.3) is 0 Å². The maximum absolute atomic E-state index is 11.7. The molecule has 0 unspecified atom stereocenters. The third-order valence-corrected chi connectivity index (χ3v) is 2.67. The number of nitrogens with two attached hydrogens (primary N) is 1. The summed E-state index contributed by atoms with van der Waals surface area (Å²) in [5.41, 5.74) is 7.64. The van der Waals surface area contributed by atoms with Crippen LogP contribution in [0.15, 0.2) is 23.4 Å². The molecule has 0 aliphatic carbocycles. The number of carbonyl (C=O) groups excluding carboxylic acids is 1. The van der Waals surface area contributed by atoms with Crippen LogP contribution in [0.4, 0.5) is 5.69 Å². The van der Waals surface area contributed by atoms with E-state index in [1.54, 1.807) is 25.3 Å². The van der Waals surface area contributed by atoms with E-state index in [0.29, 0.717) is 30.7 Å². The van der Waals surface area contributed by atoms with E-state index in [0.717, 1.165) is 5.56 Å². The largest absolute Gasteiger partial charge is 0.409 e. The second kappa shape index (κ2) is 7.38. The van der Waals surface area contributed by atoms with E-state index in [9.17, 15) is 4.79 Å². The predicted octanol–water partition coefficient (Wildman–Crippen LogP) is 1.45. The van der Waals surface area contributed by atoms with Gasteiger partial charge in [0, 0.05) is 31.4 Å². The van der Waals surface area contributed by atoms with E-state index in [1.807, 2.05) is 6.92 Å². The van der Waals surface area contributed by atoms with Gasteiger partial charge in [0.2, 0.25) is 5.91 Å². The number of amidine groups is 1. The Morgan fingerprint density at radius 2 is 2.26 bits per heavy atom. The Hall–Kier alpha value is -2.08. The molecule has 0 fully saturated rings. The molecule has 0 heterocycles. The number of hydrogen-bond acceptors (Lipinski definition) is 4. The average molecular weight is 265 g/mol. The van der Waals surface area contributed by atoms with Crippen molar-refractivity contribution in [3.05, 3.63) is 29.3 Å². The van der Waals surface area contributed by atoms with Crippen molar-refractivity contribution in [1.29, 1.82) is 0 Å². The van der Waals surface area contributed by atoms with Gasteiger partial charge in [-0.3, -0.25) is 4.79 Å². The van der Waals surface area contributed by atoms with Crippen LogP contribution in [0.3, 0.4) is 0 Å². The zero-order valence-electron chi connectivity index (χ0n) is 11.1. The second-order valence-electron chi connectivity index (χ2n) is 4.16. The van der Waals surface area contributed by atoms with Gasteiger partial charge in [0.1, 0.15) is 0 Å². The lowest BCUT2D eigenvalue weighted by molar-refractivity contribution is -0.116. The first-order valence-electron chi connectivity index (χ1n) is 5.95. The first-order valence-corrected chi connectivity index (χ1v) is 5.95. The highest BCUT2D eigenvalue weighted by Crippen LogP contribution is 2.17. The molecule has 1 rings (SSSR count). The van der Waals surface area contributed by atoms with Crippen molar-refractivity contribution in [2.45, 2.75) is 19.8 Å². The molecule has 6 heteroatoms. The third kappa shape index (κ3) is 4.59. The lowest BCUT2D eigenvalue weighted by Gasteiger charge is -2.10. The number of carbonyl (C=O) groups is 1. The van der Waals surface area contributed by atoms with Crippen molar-refractivity contribution < 1.29 is 14.7 Å². The number of hydrogen-bond donors (Lipinski definition) is 3. The van der Waals surface area contributed by atoms with Crippen LogP contribution >= 0.6 is 0 Å². The molecular formula is C13H19N3O3. The molecule has 0 saturated heterocycles. The Bertz CT molecular complexity index is 472. The molecule has 6 nitrogen and oxygen atoms in total. The van der Waals surface area contributed by atoms with Gasteiger partial charge in [-0.05, 0) is 25.0 Å². The van der Waals surface area contributed by atoms with Gasteiger partial charge in [0.15, 0.2) is 5.84 Å². The summed E-state index contributed by atoms with van der Waals surface area (Å²) in [6.07, 6.45) is 1.06. The number of nitrogens with one attached hydrogen (secondary N) is 1. The summed E-state index contributed by atoms with van der Waals surface area (Å²) in [6.45, 7) is 2.43. The Labute approximate surface area is 112 Å². The van der Waals surface area contributed by atoms with E-state index in [-0.39, 0.29) is 11.7 Å². The SMILES string of the molecule is COCCCC(=O)Nc1cc(C(N)=NO)ccc1C. The van der Waals surface area contributed by atoms with Crippen LogP contribution in [0.2, 0.25) is 0 Å². The molecule has 4 N–H and O–H groups in total. The minimum Gasteiger partial charge on any atom is -0.409 e. The van der Waals surface area contributed by atoms with Gasteiger partial charge in [-0.2, -0.15) is 0 Å². The number of methoxy groups -OCH3 is 1. The van der Waals surface area contributed by atoms with E-state index >= 15 is 0 Å². The molecule has 0 aliphatic rings. The summed E-state index contributed by atoms with van der Waals surface area (Å²) >= 11 is 0. The van der Waals surface area contributed by atoms with Gasteiger partial charge in [0.05, 0.1) is 0 Å². The second-order valence-corrected chi connectivity index (χ2v) is 4.16. The zero-order valence-corrected chi connectivity index (χ0v) is 11.1. The standard InChI is InChI=1S/C13H19N3O3/c1-9-5-6-10(13(14)16-18)8-11(9)15-12(17)4-3-7-19-2/h5-6,8,18H,3-4,7H2,1-2H3,(H2,14,16)(H,15,17). The molecule has 1 aromatic rings. The Balaban J connectivity index is 2.74. The highest BCUT2D eigenvalue weighted by atomic mass is 16.5. The normalized spacial score (nSPS) is 11.4. The molecule has 1 aromatic carbocycles. The molecule has 0 radical (unpaired) electrons. The molecule has 19 heavy (non-hydrogen) atoms. The van der Waals surface area contributed by atoms with E-state index in [2.05, 4.69) is 10.5 Å². The highest BCUT2D eigenvalue weighted by molar-refractivity contribution is 5.99. The van der Waals surface area contributed by atoms with Crippen LogP contribution in [0.5, 0.6) is 0 Å². The van der Waals surface area contributed by atoms with Gasteiger partial charge in [-0.15, -0.1) is 0 Å². The molecule has 0 atom stereocenters. The van der Waals surface area contributed by atoms with Crippen molar-refractivity contribution >= 4 is 17.4 Å². The summed E-state index contributed by atoms with van der Waals surface area (Å²) in [4.78, 5) is 11.7.